The molecular formula is C19H16Cl2F3N3O2S. The normalized spacial score (nSPS) is 14.7. The number of piperazine rings is 1. The summed E-state index contributed by atoms with van der Waals surface area (Å²) < 4.78 is 37.7. The molecule has 160 valence electrons. The molecule has 5 nitrogen and oxygen atoms in total. The van der Waals surface area contributed by atoms with Crippen molar-refractivity contribution in [3.05, 3.63) is 57.7 Å². The van der Waals surface area contributed by atoms with Crippen LogP contribution in [0.15, 0.2) is 41.6 Å². The Morgan fingerprint density at radius 2 is 1.60 bits per heavy atom. The first kappa shape index (κ1) is 22.7. The number of nitrogens with zero attached hydrogens (tertiary/aromatic N) is 3. The fraction of sp³-hybridized carbons (Fsp3) is 0.316. The summed E-state index contributed by atoms with van der Waals surface area (Å²) in [5, 5.41) is 1.07. The Labute approximate surface area is 185 Å². The van der Waals surface area contributed by atoms with Crippen LogP contribution in [-0.2, 0) is 11.0 Å². The monoisotopic (exact) mass is 477 g/mol. The molecule has 2 amide bonds. The van der Waals surface area contributed by atoms with Crippen molar-refractivity contribution in [2.75, 3.05) is 31.9 Å². The van der Waals surface area contributed by atoms with Crippen LogP contribution in [0, 0.1) is 0 Å². The second-order valence-electron chi connectivity index (χ2n) is 6.50. The van der Waals surface area contributed by atoms with Gasteiger partial charge in [0.1, 0.15) is 0 Å². The van der Waals surface area contributed by atoms with E-state index < -0.39 is 11.7 Å². The molecule has 2 aromatic rings. The number of alkyl halides is 3. The van der Waals surface area contributed by atoms with E-state index >= 15 is 0 Å². The molecule has 0 radical (unpaired) electrons. The molecule has 0 unspecified atom stereocenters. The largest absolute Gasteiger partial charge is 0.417 e. The number of aromatic nitrogens is 1. The van der Waals surface area contributed by atoms with Gasteiger partial charge in [0, 0.05) is 48.0 Å². The molecule has 0 bridgehead atoms. The predicted molar refractivity (Wildman–Crippen MR) is 109 cm³/mol. The quantitative estimate of drug-likeness (QED) is 0.609. The number of benzene rings is 1. The van der Waals surface area contributed by atoms with Crippen molar-refractivity contribution in [1.29, 1.82) is 0 Å². The molecule has 0 N–H and O–H groups in total. The summed E-state index contributed by atoms with van der Waals surface area (Å²) in [6.45, 7) is 1.44. The molecular weight excluding hydrogens is 462 g/mol. The minimum Gasteiger partial charge on any atom is -0.338 e. The number of hydrogen-bond acceptors (Lipinski definition) is 4. The highest BCUT2D eigenvalue weighted by molar-refractivity contribution is 7.99. The zero-order valence-electron chi connectivity index (χ0n) is 15.5. The summed E-state index contributed by atoms with van der Waals surface area (Å²) in [6, 6.07) is 6.81. The first-order chi connectivity index (χ1) is 14.1. The van der Waals surface area contributed by atoms with Gasteiger partial charge in [0.15, 0.2) is 0 Å². The summed E-state index contributed by atoms with van der Waals surface area (Å²) in [5.74, 6) is -0.328. The average molecular weight is 478 g/mol. The number of thioether (sulfide) groups is 1. The molecule has 0 spiro atoms. The molecule has 30 heavy (non-hydrogen) atoms. The molecule has 1 saturated heterocycles. The number of pyridine rings is 1. The van der Waals surface area contributed by atoms with Crippen LogP contribution in [0.1, 0.15) is 15.9 Å². The lowest BCUT2D eigenvalue weighted by Gasteiger charge is -2.34. The van der Waals surface area contributed by atoms with E-state index in [1.807, 2.05) is 0 Å². The number of hydrogen-bond donors (Lipinski definition) is 0. The van der Waals surface area contributed by atoms with Crippen LogP contribution >= 0.6 is 35.0 Å². The van der Waals surface area contributed by atoms with Crippen molar-refractivity contribution in [2.45, 2.75) is 11.2 Å². The van der Waals surface area contributed by atoms with Gasteiger partial charge in [-0.2, -0.15) is 13.2 Å². The number of halogens is 5. The van der Waals surface area contributed by atoms with E-state index in [0.29, 0.717) is 46.8 Å². The fourth-order valence-corrected chi connectivity index (χ4v) is 4.15. The maximum absolute atomic E-state index is 12.6. The number of carbonyl (C=O) groups is 2. The topological polar surface area (TPSA) is 53.5 Å². The van der Waals surface area contributed by atoms with E-state index in [0.717, 1.165) is 24.0 Å². The van der Waals surface area contributed by atoms with Crippen LogP contribution in [0.3, 0.4) is 0 Å². The van der Waals surface area contributed by atoms with E-state index in [1.54, 1.807) is 28.0 Å². The highest BCUT2D eigenvalue weighted by atomic mass is 35.5. The Bertz CT molecular complexity index is 913. The van der Waals surface area contributed by atoms with Gasteiger partial charge in [-0.25, -0.2) is 4.98 Å². The Kier molecular flexibility index (Phi) is 7.15. The van der Waals surface area contributed by atoms with E-state index in [4.69, 9.17) is 23.2 Å². The Morgan fingerprint density at radius 3 is 2.13 bits per heavy atom. The zero-order chi connectivity index (χ0) is 21.9. The lowest BCUT2D eigenvalue weighted by Crippen LogP contribution is -2.51. The second kappa shape index (κ2) is 9.45. The standard InChI is InChI=1S/C19H16Cl2F3N3O2S/c20-14-7-12(8-15(21)9-14)18(29)27-5-3-26(4-6-27)17(28)11-30-16-2-1-13(10-25-16)19(22,23)24/h1-2,7-10H,3-6,11H2. The van der Waals surface area contributed by atoms with Gasteiger partial charge in [-0.15, -0.1) is 0 Å². The molecule has 2 heterocycles. The van der Waals surface area contributed by atoms with Crippen LogP contribution in [0.2, 0.25) is 10.0 Å². The summed E-state index contributed by atoms with van der Waals surface area (Å²) >= 11 is 13.0. The van der Waals surface area contributed by atoms with Gasteiger partial charge in [0.25, 0.3) is 5.91 Å². The molecule has 0 atom stereocenters. The van der Waals surface area contributed by atoms with Gasteiger partial charge in [0.05, 0.1) is 16.3 Å². The van der Waals surface area contributed by atoms with Crippen LogP contribution in [0.25, 0.3) is 0 Å². The second-order valence-corrected chi connectivity index (χ2v) is 8.37. The van der Waals surface area contributed by atoms with Gasteiger partial charge < -0.3 is 9.80 Å². The van der Waals surface area contributed by atoms with E-state index in [2.05, 4.69) is 4.98 Å². The summed E-state index contributed by atoms with van der Waals surface area (Å²) in [7, 11) is 0. The van der Waals surface area contributed by atoms with Crippen molar-refractivity contribution >= 4 is 46.8 Å². The first-order valence-corrected chi connectivity index (χ1v) is 10.6. The van der Waals surface area contributed by atoms with Crippen molar-refractivity contribution in [1.82, 2.24) is 14.8 Å². The number of rotatable bonds is 4. The molecule has 1 fully saturated rings. The van der Waals surface area contributed by atoms with Crippen LogP contribution in [0.5, 0.6) is 0 Å². The molecule has 1 aromatic heterocycles. The van der Waals surface area contributed by atoms with E-state index in [-0.39, 0.29) is 17.6 Å². The summed E-state index contributed by atoms with van der Waals surface area (Å²) in [4.78, 5) is 32.0. The van der Waals surface area contributed by atoms with E-state index in [9.17, 15) is 22.8 Å². The molecule has 1 aromatic carbocycles. The van der Waals surface area contributed by atoms with Gasteiger partial charge in [-0.1, -0.05) is 35.0 Å². The molecule has 11 heteroatoms. The molecule has 3 rings (SSSR count). The zero-order valence-corrected chi connectivity index (χ0v) is 17.8. The number of carbonyl (C=O) groups excluding carboxylic acids is 2. The smallest absolute Gasteiger partial charge is 0.338 e. The minimum atomic E-state index is -4.44. The third kappa shape index (κ3) is 5.80. The Morgan fingerprint density at radius 1 is 1.00 bits per heavy atom. The minimum absolute atomic E-state index is 0.0518. The first-order valence-electron chi connectivity index (χ1n) is 8.82. The van der Waals surface area contributed by atoms with Crippen molar-refractivity contribution < 1.29 is 22.8 Å². The molecule has 0 aliphatic carbocycles. The lowest BCUT2D eigenvalue weighted by molar-refractivity contribution is -0.138. The van der Waals surface area contributed by atoms with Gasteiger partial charge >= 0.3 is 6.18 Å². The third-order valence-corrected chi connectivity index (χ3v) is 5.80. The fourth-order valence-electron chi connectivity index (χ4n) is 2.88. The Hall–Kier alpha value is -1.97. The molecule has 1 aliphatic rings. The summed E-state index contributed by atoms with van der Waals surface area (Å²) in [5.41, 5.74) is -0.448. The van der Waals surface area contributed by atoms with Gasteiger partial charge in [-0.05, 0) is 30.3 Å². The lowest BCUT2D eigenvalue weighted by atomic mass is 10.2. The van der Waals surface area contributed by atoms with Crippen LogP contribution in [0.4, 0.5) is 13.2 Å². The Balaban J connectivity index is 1.50. The van der Waals surface area contributed by atoms with Crippen molar-refractivity contribution in [3.63, 3.8) is 0 Å². The maximum Gasteiger partial charge on any atom is 0.417 e. The SMILES string of the molecule is O=C(CSc1ccc(C(F)(F)F)cn1)N1CCN(C(=O)c2cc(Cl)cc(Cl)c2)CC1. The van der Waals surface area contributed by atoms with Gasteiger partial charge in [0.2, 0.25) is 5.91 Å². The highest BCUT2D eigenvalue weighted by Crippen LogP contribution is 2.29. The van der Waals surface area contributed by atoms with Crippen molar-refractivity contribution in [3.8, 4) is 0 Å². The third-order valence-electron chi connectivity index (χ3n) is 4.44. The number of amides is 2. The van der Waals surface area contributed by atoms with Crippen LogP contribution < -0.4 is 0 Å². The van der Waals surface area contributed by atoms with Gasteiger partial charge in [-0.3, -0.25) is 9.59 Å². The average Bonchev–Trinajstić information content (AvgIpc) is 2.70. The maximum atomic E-state index is 12.6. The molecule has 1 aliphatic heterocycles. The highest BCUT2D eigenvalue weighted by Gasteiger charge is 2.31. The predicted octanol–water partition coefficient (Wildman–Crippen LogP) is 4.48. The van der Waals surface area contributed by atoms with Crippen LogP contribution in [-0.4, -0.2) is 58.5 Å². The summed E-state index contributed by atoms with van der Waals surface area (Å²) in [6.07, 6.45) is -3.70. The molecule has 0 saturated carbocycles. The van der Waals surface area contributed by atoms with Crippen molar-refractivity contribution in [2.24, 2.45) is 0 Å². The van der Waals surface area contributed by atoms with E-state index in [1.165, 1.54) is 6.07 Å².